The second-order valence-corrected chi connectivity index (χ2v) is 8.97. The second-order valence-electron chi connectivity index (χ2n) is 8.97. The van der Waals surface area contributed by atoms with Gasteiger partial charge in [-0.15, -0.1) is 0 Å². The van der Waals surface area contributed by atoms with E-state index in [0.29, 0.717) is 31.2 Å². The number of benzene rings is 1. The van der Waals surface area contributed by atoms with Crippen molar-refractivity contribution >= 4 is 12.0 Å². The van der Waals surface area contributed by atoms with E-state index in [-0.39, 0.29) is 11.8 Å². The quantitative estimate of drug-likeness (QED) is 0.618. The summed E-state index contributed by atoms with van der Waals surface area (Å²) in [5, 5.41) is 6.78. The van der Waals surface area contributed by atoms with Crippen LogP contribution in [0.5, 0.6) is 0 Å². The van der Waals surface area contributed by atoms with Crippen molar-refractivity contribution in [2.24, 2.45) is 5.92 Å². The summed E-state index contributed by atoms with van der Waals surface area (Å²) in [7, 11) is 1.31. The molecule has 1 aliphatic heterocycles. The van der Waals surface area contributed by atoms with E-state index >= 15 is 0 Å². The number of methoxy groups -OCH3 is 1. The maximum atomic E-state index is 12.9. The van der Waals surface area contributed by atoms with E-state index in [1.807, 2.05) is 49.9 Å². The van der Waals surface area contributed by atoms with Crippen LogP contribution in [0, 0.1) is 12.8 Å². The molecule has 0 radical (unpaired) electrons. The highest BCUT2D eigenvalue weighted by Gasteiger charge is 2.29. The molecule has 180 valence electrons. The van der Waals surface area contributed by atoms with Crippen molar-refractivity contribution in [1.29, 1.82) is 0 Å². The molecule has 2 heterocycles. The minimum absolute atomic E-state index is 0.0387. The molecule has 0 spiro atoms. The molecule has 1 atom stereocenters. The molecule has 9 heteroatoms. The van der Waals surface area contributed by atoms with E-state index in [2.05, 4.69) is 25.1 Å². The Morgan fingerprint density at radius 2 is 1.85 bits per heavy atom. The summed E-state index contributed by atoms with van der Waals surface area (Å²) in [4.78, 5) is 33.3. The Balaban J connectivity index is 1.42. The van der Waals surface area contributed by atoms with E-state index < -0.39 is 12.1 Å². The van der Waals surface area contributed by atoms with Gasteiger partial charge < -0.3 is 19.5 Å². The van der Waals surface area contributed by atoms with Crippen LogP contribution < -0.4 is 5.32 Å². The van der Waals surface area contributed by atoms with Crippen molar-refractivity contribution in [2.75, 3.05) is 39.8 Å². The van der Waals surface area contributed by atoms with Gasteiger partial charge >= 0.3 is 6.09 Å². The van der Waals surface area contributed by atoms with Gasteiger partial charge in [-0.05, 0) is 32.2 Å². The Kier molecular flexibility index (Phi) is 8.82. The third-order valence-corrected chi connectivity index (χ3v) is 5.81. The largest absolute Gasteiger partial charge is 0.453 e. The number of carbonyl (C=O) groups excluding carboxylic acids is 2. The standard InChI is InChI=1S/C24H35N5O4/c1-17(2)16-20(25-24(31)32-4)23(30)29-14-12-28(13-15-29)11-5-6-21-26-22(27-33-21)19-9-7-18(3)8-10-19/h7-10,17,20H,5-6,11-16H2,1-4H3,(H,25,31). The van der Waals surface area contributed by atoms with Crippen LogP contribution in [0.4, 0.5) is 4.79 Å². The maximum absolute atomic E-state index is 12.9. The number of nitrogens with zero attached hydrogens (tertiary/aromatic N) is 4. The summed E-state index contributed by atoms with van der Waals surface area (Å²) < 4.78 is 10.1. The van der Waals surface area contributed by atoms with Gasteiger partial charge in [-0.25, -0.2) is 4.79 Å². The van der Waals surface area contributed by atoms with E-state index in [4.69, 9.17) is 4.52 Å². The van der Waals surface area contributed by atoms with E-state index in [0.717, 1.165) is 38.0 Å². The van der Waals surface area contributed by atoms with Crippen molar-refractivity contribution in [1.82, 2.24) is 25.3 Å². The van der Waals surface area contributed by atoms with Crippen LogP contribution in [0.2, 0.25) is 0 Å². The smallest absolute Gasteiger partial charge is 0.407 e. The molecule has 1 N–H and O–H groups in total. The Morgan fingerprint density at radius 3 is 2.48 bits per heavy atom. The zero-order valence-corrected chi connectivity index (χ0v) is 20.0. The SMILES string of the molecule is COC(=O)NC(CC(C)C)C(=O)N1CCN(CCCc2nc(-c3ccc(C)cc3)no2)CC1. The number of amides is 2. The number of aromatic nitrogens is 2. The van der Waals surface area contributed by atoms with Crippen LogP contribution in [0.1, 0.15) is 38.1 Å². The van der Waals surface area contributed by atoms with Gasteiger partial charge in [-0.2, -0.15) is 4.98 Å². The highest BCUT2D eigenvalue weighted by atomic mass is 16.5. The zero-order chi connectivity index (χ0) is 23.8. The van der Waals surface area contributed by atoms with Crippen molar-refractivity contribution in [3.63, 3.8) is 0 Å². The van der Waals surface area contributed by atoms with Gasteiger partial charge in [0.1, 0.15) is 6.04 Å². The lowest BCUT2D eigenvalue weighted by Crippen LogP contribution is -2.55. The molecule has 2 amide bonds. The third-order valence-electron chi connectivity index (χ3n) is 5.81. The normalized spacial score (nSPS) is 15.5. The number of ether oxygens (including phenoxy) is 1. The Bertz CT molecular complexity index is 904. The number of nitrogens with one attached hydrogen (secondary N) is 1. The first kappa shape index (κ1) is 24.7. The lowest BCUT2D eigenvalue weighted by Gasteiger charge is -2.36. The van der Waals surface area contributed by atoms with Crippen LogP contribution in [0.25, 0.3) is 11.4 Å². The average Bonchev–Trinajstić information content (AvgIpc) is 3.27. The summed E-state index contributed by atoms with van der Waals surface area (Å²) in [5.74, 6) is 1.51. The van der Waals surface area contributed by atoms with Crippen LogP contribution in [0.3, 0.4) is 0 Å². The molecule has 0 saturated carbocycles. The van der Waals surface area contributed by atoms with Crippen molar-refractivity contribution in [3.05, 3.63) is 35.7 Å². The number of hydrogen-bond acceptors (Lipinski definition) is 7. The summed E-state index contributed by atoms with van der Waals surface area (Å²) in [6.45, 7) is 9.91. The molecule has 1 fully saturated rings. The molecule has 0 aliphatic carbocycles. The zero-order valence-electron chi connectivity index (χ0n) is 20.0. The molecule has 1 aromatic carbocycles. The molecule has 1 aromatic heterocycles. The molecule has 2 aromatic rings. The summed E-state index contributed by atoms with van der Waals surface area (Å²) in [6, 6.07) is 7.51. The molecule has 1 unspecified atom stereocenters. The molecule has 33 heavy (non-hydrogen) atoms. The van der Waals surface area contributed by atoms with Gasteiger partial charge in [0.2, 0.25) is 17.6 Å². The monoisotopic (exact) mass is 457 g/mol. The molecule has 3 rings (SSSR count). The number of rotatable bonds is 9. The lowest BCUT2D eigenvalue weighted by atomic mass is 10.0. The molecule has 1 aliphatic rings. The molecule has 0 bridgehead atoms. The van der Waals surface area contributed by atoms with Crippen molar-refractivity contribution in [2.45, 2.75) is 46.1 Å². The van der Waals surface area contributed by atoms with Gasteiger partial charge in [-0.1, -0.05) is 48.8 Å². The first-order valence-electron chi connectivity index (χ1n) is 11.6. The van der Waals surface area contributed by atoms with Gasteiger partial charge in [0.25, 0.3) is 0 Å². The van der Waals surface area contributed by atoms with Gasteiger partial charge in [0.15, 0.2) is 0 Å². The number of hydrogen-bond donors (Lipinski definition) is 1. The molecular weight excluding hydrogens is 422 g/mol. The summed E-state index contributed by atoms with van der Waals surface area (Å²) >= 11 is 0. The van der Waals surface area contributed by atoms with E-state index in [1.54, 1.807) is 0 Å². The predicted molar refractivity (Wildman–Crippen MR) is 125 cm³/mol. The van der Waals surface area contributed by atoms with Crippen molar-refractivity contribution in [3.8, 4) is 11.4 Å². The van der Waals surface area contributed by atoms with Crippen LogP contribution in [-0.2, 0) is 16.0 Å². The molecule has 9 nitrogen and oxygen atoms in total. The first-order valence-corrected chi connectivity index (χ1v) is 11.6. The fraction of sp³-hybridized carbons (Fsp3) is 0.583. The summed E-state index contributed by atoms with van der Waals surface area (Å²) in [5.41, 5.74) is 2.15. The number of aryl methyl sites for hydroxylation is 2. The minimum atomic E-state index is -0.570. The van der Waals surface area contributed by atoms with Crippen LogP contribution in [0.15, 0.2) is 28.8 Å². The van der Waals surface area contributed by atoms with E-state index in [1.165, 1.54) is 12.7 Å². The molecular formula is C24H35N5O4. The summed E-state index contributed by atoms with van der Waals surface area (Å²) in [6.07, 6.45) is 1.64. The van der Waals surface area contributed by atoms with E-state index in [9.17, 15) is 9.59 Å². The topological polar surface area (TPSA) is 101 Å². The number of carbonyl (C=O) groups is 2. The highest BCUT2D eigenvalue weighted by molar-refractivity contribution is 5.85. The first-order chi connectivity index (χ1) is 15.9. The fourth-order valence-corrected chi connectivity index (χ4v) is 3.94. The lowest BCUT2D eigenvalue weighted by molar-refractivity contribution is -0.135. The maximum Gasteiger partial charge on any atom is 0.407 e. The van der Waals surface area contributed by atoms with Crippen LogP contribution >= 0.6 is 0 Å². The second kappa shape index (κ2) is 11.8. The number of alkyl carbamates (subject to hydrolysis) is 1. The van der Waals surface area contributed by atoms with Gasteiger partial charge in [-0.3, -0.25) is 9.69 Å². The number of piperazine rings is 1. The van der Waals surface area contributed by atoms with Gasteiger partial charge in [0, 0.05) is 38.2 Å². The Labute approximate surface area is 195 Å². The van der Waals surface area contributed by atoms with Gasteiger partial charge in [0.05, 0.1) is 7.11 Å². The Morgan fingerprint density at radius 1 is 1.15 bits per heavy atom. The highest BCUT2D eigenvalue weighted by Crippen LogP contribution is 2.17. The molecule has 1 saturated heterocycles. The average molecular weight is 458 g/mol. The minimum Gasteiger partial charge on any atom is -0.453 e. The third kappa shape index (κ3) is 7.28. The predicted octanol–water partition coefficient (Wildman–Crippen LogP) is 2.89. The fourth-order valence-electron chi connectivity index (χ4n) is 3.94. The van der Waals surface area contributed by atoms with Crippen LogP contribution in [-0.4, -0.2) is 77.8 Å². The Hall–Kier alpha value is -2.94. The van der Waals surface area contributed by atoms with Crippen molar-refractivity contribution < 1.29 is 18.8 Å².